The maximum Gasteiger partial charge on any atom is 0.304 e. The molecule has 10 heteroatoms. The minimum absolute atomic E-state index is 0.00699. The third-order valence-electron chi connectivity index (χ3n) is 3.34. The summed E-state index contributed by atoms with van der Waals surface area (Å²) in [6, 6.07) is 1.05. The number of rotatable bonds is 6. The minimum atomic E-state index is -3.49. The molecule has 22 heavy (non-hydrogen) atoms. The maximum atomic E-state index is 11.9. The lowest BCUT2D eigenvalue weighted by Crippen LogP contribution is -2.29. The van der Waals surface area contributed by atoms with Crippen LogP contribution >= 0.6 is 11.3 Å². The molecule has 1 aliphatic heterocycles. The van der Waals surface area contributed by atoms with E-state index in [0.29, 0.717) is 0 Å². The van der Waals surface area contributed by atoms with Gasteiger partial charge in [-0.1, -0.05) is 11.3 Å². The van der Waals surface area contributed by atoms with Gasteiger partial charge in [-0.3, -0.25) is 14.9 Å². The Morgan fingerprint density at radius 3 is 2.64 bits per heavy atom. The largest absolute Gasteiger partial charge is 0.371 e. The molecule has 1 aliphatic rings. The molecule has 0 unspecified atom stereocenters. The number of carbonyl (C=O) groups is 1. The van der Waals surface area contributed by atoms with Crippen LogP contribution in [0.1, 0.15) is 19.3 Å². The molecule has 0 aromatic carbocycles. The fraction of sp³-hybridized carbons (Fsp3) is 0.583. The summed E-state index contributed by atoms with van der Waals surface area (Å²) < 4.78 is 22.9. The second-order valence-electron chi connectivity index (χ2n) is 5.07. The normalized spacial score (nSPS) is 15.0. The van der Waals surface area contributed by atoms with Crippen LogP contribution in [0.3, 0.4) is 0 Å². The monoisotopic (exact) mass is 347 g/mol. The van der Waals surface area contributed by atoms with Crippen molar-refractivity contribution in [2.24, 2.45) is 0 Å². The summed E-state index contributed by atoms with van der Waals surface area (Å²) in [5.74, 6) is 0.00699. The SMILES string of the molecule is CS(=O)(=O)c1cc([N+](=O)[O-])c(NCCC(=O)N2CCCC2)s1. The van der Waals surface area contributed by atoms with Crippen LogP contribution in [0, 0.1) is 10.1 Å². The molecule has 0 radical (unpaired) electrons. The molecule has 122 valence electrons. The molecular formula is C12H17N3O5S2. The number of sulfone groups is 1. The molecule has 1 saturated heterocycles. The Kier molecular flexibility index (Phi) is 5.01. The van der Waals surface area contributed by atoms with Gasteiger partial charge in [0.1, 0.15) is 4.21 Å². The number of amides is 1. The Hall–Kier alpha value is -1.68. The van der Waals surface area contributed by atoms with Gasteiger partial charge >= 0.3 is 5.69 Å². The quantitative estimate of drug-likeness (QED) is 0.616. The fourth-order valence-electron chi connectivity index (χ4n) is 2.21. The molecule has 0 bridgehead atoms. The molecule has 1 amide bonds. The Balaban J connectivity index is 2.01. The Morgan fingerprint density at radius 2 is 2.09 bits per heavy atom. The van der Waals surface area contributed by atoms with Crippen LogP contribution in [0.15, 0.2) is 10.3 Å². The van der Waals surface area contributed by atoms with E-state index in [1.165, 1.54) is 0 Å². The van der Waals surface area contributed by atoms with Crippen LogP contribution in [0.5, 0.6) is 0 Å². The molecule has 8 nitrogen and oxygen atoms in total. The summed E-state index contributed by atoms with van der Waals surface area (Å²) in [6.07, 6.45) is 3.24. The molecule has 0 saturated carbocycles. The van der Waals surface area contributed by atoms with Gasteiger partial charge < -0.3 is 10.2 Å². The van der Waals surface area contributed by atoms with E-state index in [0.717, 1.165) is 49.6 Å². The zero-order valence-corrected chi connectivity index (χ0v) is 13.7. The van der Waals surface area contributed by atoms with Gasteiger partial charge in [0.2, 0.25) is 5.91 Å². The first kappa shape index (κ1) is 16.7. The molecule has 1 aromatic rings. The Labute approximate surface area is 132 Å². The van der Waals surface area contributed by atoms with Gasteiger partial charge in [-0.15, -0.1) is 0 Å². The predicted molar refractivity (Wildman–Crippen MR) is 83.0 cm³/mol. The predicted octanol–water partition coefficient (Wildman–Crippen LogP) is 1.48. The summed E-state index contributed by atoms with van der Waals surface area (Å²) in [6.45, 7) is 1.76. The molecule has 0 atom stereocenters. The molecule has 2 rings (SSSR count). The second-order valence-corrected chi connectivity index (χ2v) is 8.37. The van der Waals surface area contributed by atoms with Gasteiger partial charge in [-0.2, -0.15) is 0 Å². The lowest BCUT2D eigenvalue weighted by molar-refractivity contribution is -0.383. The van der Waals surface area contributed by atoms with Crippen molar-refractivity contribution in [3.8, 4) is 0 Å². The van der Waals surface area contributed by atoms with E-state index in [2.05, 4.69) is 5.32 Å². The number of carbonyl (C=O) groups excluding carboxylic acids is 1. The molecule has 0 aliphatic carbocycles. The van der Waals surface area contributed by atoms with Crippen molar-refractivity contribution < 1.29 is 18.1 Å². The summed E-state index contributed by atoms with van der Waals surface area (Å²) in [5.41, 5.74) is -0.279. The highest BCUT2D eigenvalue weighted by molar-refractivity contribution is 7.92. The van der Waals surface area contributed by atoms with Crippen LogP contribution in [-0.2, 0) is 14.6 Å². The van der Waals surface area contributed by atoms with Crippen molar-refractivity contribution >= 4 is 37.8 Å². The Morgan fingerprint density at radius 1 is 1.45 bits per heavy atom. The van der Waals surface area contributed by atoms with E-state index in [1.807, 2.05) is 0 Å². The van der Waals surface area contributed by atoms with Crippen LogP contribution in [-0.4, -0.2) is 50.0 Å². The average molecular weight is 347 g/mol. The zero-order valence-electron chi connectivity index (χ0n) is 12.1. The number of nitrogens with one attached hydrogen (secondary N) is 1. The Bertz CT molecular complexity index is 677. The van der Waals surface area contributed by atoms with E-state index in [4.69, 9.17) is 0 Å². The highest BCUT2D eigenvalue weighted by atomic mass is 32.2. The van der Waals surface area contributed by atoms with Gasteiger partial charge in [0.25, 0.3) is 0 Å². The van der Waals surface area contributed by atoms with Crippen molar-refractivity contribution in [3.05, 3.63) is 16.2 Å². The second kappa shape index (κ2) is 6.61. The van der Waals surface area contributed by atoms with Gasteiger partial charge in [0.05, 0.1) is 4.92 Å². The topological polar surface area (TPSA) is 110 Å². The lowest BCUT2D eigenvalue weighted by atomic mass is 10.3. The fourth-order valence-corrected chi connectivity index (χ4v) is 4.18. The average Bonchev–Trinajstić information content (AvgIpc) is 3.07. The van der Waals surface area contributed by atoms with Crippen LogP contribution in [0.4, 0.5) is 10.7 Å². The summed E-state index contributed by atoms with van der Waals surface area (Å²) in [4.78, 5) is 24.0. The van der Waals surface area contributed by atoms with Crippen LogP contribution in [0.25, 0.3) is 0 Å². The maximum absolute atomic E-state index is 11.9. The van der Waals surface area contributed by atoms with Crippen LogP contribution in [0.2, 0.25) is 0 Å². The molecule has 1 N–H and O–H groups in total. The molecular weight excluding hydrogens is 330 g/mol. The number of nitro groups is 1. The standard InChI is InChI=1S/C12H17N3O5S2/c1-22(19,20)11-8-9(15(17)18)12(21-11)13-5-4-10(16)14-6-2-3-7-14/h8,13H,2-7H2,1H3. The number of hydrogen-bond donors (Lipinski definition) is 1. The molecule has 0 spiro atoms. The van der Waals surface area contributed by atoms with Crippen molar-refractivity contribution in [2.75, 3.05) is 31.2 Å². The highest BCUT2D eigenvalue weighted by Gasteiger charge is 2.24. The van der Waals surface area contributed by atoms with E-state index in [1.54, 1.807) is 4.90 Å². The lowest BCUT2D eigenvalue weighted by Gasteiger charge is -2.15. The van der Waals surface area contributed by atoms with Gasteiger partial charge in [-0.25, -0.2) is 8.42 Å². The molecule has 1 aromatic heterocycles. The van der Waals surface area contributed by atoms with Gasteiger partial charge in [0, 0.05) is 38.4 Å². The van der Waals surface area contributed by atoms with Crippen LogP contribution < -0.4 is 5.32 Å². The third kappa shape index (κ3) is 3.95. The third-order valence-corrected chi connectivity index (χ3v) is 6.22. The number of nitrogens with zero attached hydrogens (tertiary/aromatic N) is 2. The first-order valence-corrected chi connectivity index (χ1v) is 9.50. The van der Waals surface area contributed by atoms with E-state index in [9.17, 15) is 23.3 Å². The summed E-state index contributed by atoms with van der Waals surface area (Å²) in [7, 11) is -3.49. The van der Waals surface area contributed by atoms with Gasteiger partial charge in [-0.05, 0) is 12.8 Å². The van der Waals surface area contributed by atoms with Gasteiger partial charge in [0.15, 0.2) is 14.8 Å². The smallest absolute Gasteiger partial charge is 0.304 e. The number of thiophene rings is 1. The van der Waals surface area contributed by atoms with E-state index in [-0.39, 0.29) is 33.8 Å². The first-order chi connectivity index (χ1) is 10.3. The highest BCUT2D eigenvalue weighted by Crippen LogP contribution is 2.36. The molecule has 1 fully saturated rings. The van der Waals surface area contributed by atoms with Crippen molar-refractivity contribution in [3.63, 3.8) is 0 Å². The van der Waals surface area contributed by atoms with Crippen molar-refractivity contribution in [1.82, 2.24) is 4.90 Å². The summed E-state index contributed by atoms with van der Waals surface area (Å²) >= 11 is 0.813. The minimum Gasteiger partial charge on any atom is -0.371 e. The summed E-state index contributed by atoms with van der Waals surface area (Å²) in [5, 5.41) is 13.9. The number of hydrogen-bond acceptors (Lipinski definition) is 7. The first-order valence-electron chi connectivity index (χ1n) is 6.79. The van der Waals surface area contributed by atoms with Crippen molar-refractivity contribution in [2.45, 2.75) is 23.5 Å². The zero-order chi connectivity index (χ0) is 16.3. The number of anilines is 1. The van der Waals surface area contributed by atoms with E-state index < -0.39 is 14.8 Å². The van der Waals surface area contributed by atoms with E-state index >= 15 is 0 Å². The number of likely N-dealkylation sites (tertiary alicyclic amines) is 1. The van der Waals surface area contributed by atoms with Crippen molar-refractivity contribution in [1.29, 1.82) is 0 Å². The molecule has 2 heterocycles.